The highest BCUT2D eigenvalue weighted by Gasteiger charge is 2.26. The monoisotopic (exact) mass is 418 g/mol. The van der Waals surface area contributed by atoms with Crippen LogP contribution in [0, 0.1) is 0 Å². The van der Waals surface area contributed by atoms with Crippen LogP contribution in [0.15, 0.2) is 54.6 Å². The second-order valence-corrected chi connectivity index (χ2v) is 8.54. The van der Waals surface area contributed by atoms with Gasteiger partial charge in [0.25, 0.3) is 5.91 Å². The van der Waals surface area contributed by atoms with E-state index in [-0.39, 0.29) is 38.7 Å². The maximum Gasteiger partial charge on any atom is 0.338 e. The molecule has 1 aliphatic heterocycles. The minimum absolute atomic E-state index is 0.237. The van der Waals surface area contributed by atoms with Gasteiger partial charge in [-0.3, -0.25) is 4.79 Å². The highest BCUT2D eigenvalue weighted by atomic mass is 32.2. The highest BCUT2D eigenvalue weighted by molar-refractivity contribution is 7.88. The fraction of sp³-hybridized carbons (Fsp3) is 0.300. The molecule has 1 fully saturated rings. The predicted molar refractivity (Wildman–Crippen MR) is 106 cm³/mol. The summed E-state index contributed by atoms with van der Waals surface area (Å²) in [5.41, 5.74) is 0.306. The van der Waals surface area contributed by atoms with Crippen LogP contribution in [0.2, 0.25) is 0 Å². The van der Waals surface area contributed by atoms with Gasteiger partial charge in [-0.15, -0.1) is 0 Å². The Bertz CT molecular complexity index is 952. The summed E-state index contributed by atoms with van der Waals surface area (Å²) in [5.74, 6) is 0.298. The molecule has 1 heterocycles. The molecule has 0 spiro atoms. The lowest BCUT2D eigenvalue weighted by atomic mass is 10.2. The van der Waals surface area contributed by atoms with Gasteiger partial charge in [0.1, 0.15) is 11.5 Å². The quantitative estimate of drug-likeness (QED) is 0.664. The third-order valence-corrected chi connectivity index (χ3v) is 5.76. The Morgan fingerprint density at radius 2 is 1.48 bits per heavy atom. The number of carbonyl (C=O) groups excluding carboxylic acids is 2. The van der Waals surface area contributed by atoms with Crippen molar-refractivity contribution in [3.63, 3.8) is 0 Å². The first kappa shape index (κ1) is 20.8. The number of amides is 1. The van der Waals surface area contributed by atoms with Gasteiger partial charge in [-0.1, -0.05) is 18.2 Å². The van der Waals surface area contributed by atoms with E-state index < -0.39 is 16.0 Å². The van der Waals surface area contributed by atoms with Crippen LogP contribution in [0.5, 0.6) is 11.5 Å². The van der Waals surface area contributed by atoms with Crippen molar-refractivity contribution in [2.75, 3.05) is 39.0 Å². The van der Waals surface area contributed by atoms with Crippen LogP contribution in [-0.4, -0.2) is 68.5 Å². The van der Waals surface area contributed by atoms with Crippen molar-refractivity contribution in [3.8, 4) is 11.5 Å². The lowest BCUT2D eigenvalue weighted by molar-refractivity contribution is -0.135. The van der Waals surface area contributed by atoms with Crippen LogP contribution in [0.4, 0.5) is 0 Å². The molecule has 0 saturated carbocycles. The van der Waals surface area contributed by atoms with Gasteiger partial charge in [0, 0.05) is 26.2 Å². The van der Waals surface area contributed by atoms with Gasteiger partial charge in [0.05, 0.1) is 11.8 Å². The molecule has 0 aromatic heterocycles. The lowest BCUT2D eigenvalue weighted by Crippen LogP contribution is -2.51. The number of hydrogen-bond acceptors (Lipinski definition) is 6. The van der Waals surface area contributed by atoms with Gasteiger partial charge < -0.3 is 14.4 Å². The van der Waals surface area contributed by atoms with Crippen molar-refractivity contribution in [3.05, 3.63) is 60.2 Å². The molecule has 2 aromatic carbocycles. The number of hydrogen-bond donors (Lipinski definition) is 0. The average Bonchev–Trinajstić information content (AvgIpc) is 2.72. The second-order valence-electron chi connectivity index (χ2n) is 6.56. The zero-order valence-corrected chi connectivity index (χ0v) is 16.8. The first-order valence-corrected chi connectivity index (χ1v) is 10.9. The molecule has 3 rings (SSSR count). The number of ether oxygens (including phenoxy) is 2. The molecule has 1 saturated heterocycles. The Morgan fingerprint density at radius 3 is 2.07 bits per heavy atom. The van der Waals surface area contributed by atoms with Crippen LogP contribution in [0.1, 0.15) is 10.4 Å². The Labute approximate surface area is 169 Å². The van der Waals surface area contributed by atoms with Gasteiger partial charge in [-0.05, 0) is 36.4 Å². The normalized spacial score (nSPS) is 15.0. The smallest absolute Gasteiger partial charge is 0.338 e. The van der Waals surface area contributed by atoms with E-state index in [0.29, 0.717) is 17.1 Å². The fourth-order valence-electron chi connectivity index (χ4n) is 2.85. The van der Waals surface area contributed by atoms with Crippen LogP contribution in [0.25, 0.3) is 0 Å². The minimum Gasteiger partial charge on any atom is -0.457 e. The van der Waals surface area contributed by atoms with Gasteiger partial charge in [-0.25, -0.2) is 13.2 Å². The maximum absolute atomic E-state index is 12.2. The summed E-state index contributed by atoms with van der Waals surface area (Å²) in [6.07, 6.45) is 1.14. The molecular formula is C20H22N2O6S. The fourth-order valence-corrected chi connectivity index (χ4v) is 3.68. The summed E-state index contributed by atoms with van der Waals surface area (Å²) in [5, 5.41) is 0. The van der Waals surface area contributed by atoms with Gasteiger partial charge in [0.15, 0.2) is 6.61 Å². The number of para-hydroxylation sites is 1. The second kappa shape index (κ2) is 9.06. The minimum atomic E-state index is -3.26. The Kier molecular flexibility index (Phi) is 6.50. The summed E-state index contributed by atoms with van der Waals surface area (Å²) in [6.45, 7) is 0.632. The molecule has 0 aliphatic carbocycles. The predicted octanol–water partition coefficient (Wildman–Crippen LogP) is 1.74. The number of rotatable bonds is 6. The van der Waals surface area contributed by atoms with Crippen molar-refractivity contribution in [1.29, 1.82) is 0 Å². The summed E-state index contributed by atoms with van der Waals surface area (Å²) in [4.78, 5) is 25.9. The van der Waals surface area contributed by atoms with Crippen LogP contribution in [0.3, 0.4) is 0 Å². The molecule has 2 aromatic rings. The van der Waals surface area contributed by atoms with Crippen molar-refractivity contribution >= 4 is 21.9 Å². The number of nitrogens with zero attached hydrogens (tertiary/aromatic N) is 2. The molecule has 8 nitrogen and oxygen atoms in total. The van der Waals surface area contributed by atoms with E-state index in [1.54, 1.807) is 24.3 Å². The number of esters is 1. The summed E-state index contributed by atoms with van der Waals surface area (Å²) >= 11 is 0. The van der Waals surface area contributed by atoms with E-state index in [1.807, 2.05) is 30.3 Å². The summed E-state index contributed by atoms with van der Waals surface area (Å²) in [7, 11) is -3.26. The molecule has 1 aliphatic rings. The largest absolute Gasteiger partial charge is 0.457 e. The van der Waals surface area contributed by atoms with Crippen molar-refractivity contribution in [1.82, 2.24) is 9.21 Å². The van der Waals surface area contributed by atoms with Crippen LogP contribution < -0.4 is 4.74 Å². The van der Waals surface area contributed by atoms with Gasteiger partial charge in [-0.2, -0.15) is 4.31 Å². The highest BCUT2D eigenvalue weighted by Crippen LogP contribution is 2.21. The van der Waals surface area contributed by atoms with E-state index in [0.717, 1.165) is 6.26 Å². The SMILES string of the molecule is CS(=O)(=O)N1CCN(C(=O)COC(=O)c2ccc(Oc3ccccc3)cc2)CC1. The van der Waals surface area contributed by atoms with Crippen molar-refractivity contribution < 1.29 is 27.5 Å². The molecular weight excluding hydrogens is 396 g/mol. The lowest BCUT2D eigenvalue weighted by Gasteiger charge is -2.33. The van der Waals surface area contributed by atoms with Gasteiger partial charge >= 0.3 is 5.97 Å². The molecule has 1 amide bonds. The third-order valence-electron chi connectivity index (χ3n) is 4.46. The van der Waals surface area contributed by atoms with E-state index >= 15 is 0 Å². The molecule has 0 radical (unpaired) electrons. The summed E-state index contributed by atoms with van der Waals surface area (Å²) < 4.78 is 35.1. The van der Waals surface area contributed by atoms with Crippen molar-refractivity contribution in [2.24, 2.45) is 0 Å². The molecule has 154 valence electrons. The molecule has 29 heavy (non-hydrogen) atoms. The van der Waals surface area contributed by atoms with E-state index in [2.05, 4.69) is 0 Å². The number of piperazine rings is 1. The number of sulfonamides is 1. The van der Waals surface area contributed by atoms with Crippen molar-refractivity contribution in [2.45, 2.75) is 0 Å². The standard InChI is InChI=1S/C20H22N2O6S/c1-29(25,26)22-13-11-21(12-14-22)19(23)15-27-20(24)16-7-9-18(10-8-16)28-17-5-3-2-4-6-17/h2-10H,11-15H2,1H3. The molecule has 0 unspecified atom stereocenters. The molecule has 0 atom stereocenters. The van der Waals surface area contributed by atoms with Gasteiger partial charge in [0.2, 0.25) is 10.0 Å². The Balaban J connectivity index is 1.47. The number of carbonyl (C=O) groups is 2. The topological polar surface area (TPSA) is 93.2 Å². The van der Waals surface area contributed by atoms with E-state index in [4.69, 9.17) is 9.47 Å². The first-order valence-electron chi connectivity index (χ1n) is 9.06. The summed E-state index contributed by atoms with van der Waals surface area (Å²) in [6, 6.07) is 15.7. The van der Waals surface area contributed by atoms with Crippen LogP contribution in [-0.2, 0) is 19.6 Å². The Hall–Kier alpha value is -2.91. The third kappa shape index (κ3) is 5.78. The molecule has 9 heteroatoms. The maximum atomic E-state index is 12.2. The van der Waals surface area contributed by atoms with Crippen LogP contribution >= 0.6 is 0 Å². The zero-order valence-electron chi connectivity index (χ0n) is 16.0. The molecule has 0 bridgehead atoms. The first-order chi connectivity index (χ1) is 13.8. The average molecular weight is 418 g/mol. The van der Waals surface area contributed by atoms with E-state index in [9.17, 15) is 18.0 Å². The van der Waals surface area contributed by atoms with E-state index in [1.165, 1.54) is 9.21 Å². The Morgan fingerprint density at radius 1 is 0.897 bits per heavy atom. The molecule has 0 N–H and O–H groups in total. The zero-order chi connectivity index (χ0) is 20.9. The number of benzene rings is 2.